The minimum absolute atomic E-state index is 0.113. The number of aromatic nitrogens is 1. The van der Waals surface area contributed by atoms with Crippen LogP contribution in [-0.4, -0.2) is 10.5 Å². The molecular formula is C22H24N2OS. The second-order valence-corrected chi connectivity index (χ2v) is 7.80. The van der Waals surface area contributed by atoms with Crippen molar-refractivity contribution in [3.8, 4) is 0 Å². The van der Waals surface area contributed by atoms with E-state index in [9.17, 15) is 4.79 Å². The van der Waals surface area contributed by atoms with E-state index < -0.39 is 0 Å². The Morgan fingerprint density at radius 3 is 2.62 bits per heavy atom. The molecule has 3 rings (SSSR count). The smallest absolute Gasteiger partial charge is 0.252 e. The molecule has 4 heteroatoms. The van der Waals surface area contributed by atoms with Gasteiger partial charge in [0, 0.05) is 6.54 Å². The lowest BCUT2D eigenvalue weighted by atomic mass is 10.0. The third-order valence-corrected chi connectivity index (χ3v) is 5.72. The number of allylic oxidation sites excluding steroid dienone is 1. The molecule has 0 N–H and O–H groups in total. The van der Waals surface area contributed by atoms with Gasteiger partial charge in [0.2, 0.25) is 0 Å². The summed E-state index contributed by atoms with van der Waals surface area (Å²) in [5, 5.41) is 0. The summed E-state index contributed by atoms with van der Waals surface area (Å²) in [6.07, 6.45) is 2.17. The van der Waals surface area contributed by atoms with E-state index in [-0.39, 0.29) is 5.91 Å². The zero-order chi connectivity index (χ0) is 18.8. The zero-order valence-corrected chi connectivity index (χ0v) is 16.6. The van der Waals surface area contributed by atoms with Gasteiger partial charge in [0.05, 0.1) is 16.6 Å². The van der Waals surface area contributed by atoms with Crippen molar-refractivity contribution in [3.63, 3.8) is 0 Å². The van der Waals surface area contributed by atoms with Crippen molar-refractivity contribution in [1.82, 2.24) is 4.57 Å². The summed E-state index contributed by atoms with van der Waals surface area (Å²) in [6.45, 7) is 12.8. The van der Waals surface area contributed by atoms with Gasteiger partial charge in [-0.25, -0.2) is 0 Å². The molecule has 1 amide bonds. The first-order valence-corrected chi connectivity index (χ1v) is 9.56. The van der Waals surface area contributed by atoms with Crippen LogP contribution in [0.15, 0.2) is 48.0 Å². The van der Waals surface area contributed by atoms with Crippen LogP contribution in [0.5, 0.6) is 0 Å². The molecule has 0 bridgehead atoms. The number of amides is 1. The third kappa shape index (κ3) is 3.70. The number of thiazole rings is 1. The summed E-state index contributed by atoms with van der Waals surface area (Å²) < 4.78 is 3.25. The van der Waals surface area contributed by atoms with Crippen LogP contribution in [0.25, 0.3) is 10.2 Å². The van der Waals surface area contributed by atoms with Gasteiger partial charge in [-0.05, 0) is 56.0 Å². The van der Waals surface area contributed by atoms with Crippen molar-refractivity contribution < 1.29 is 4.79 Å². The molecule has 1 aromatic heterocycles. The van der Waals surface area contributed by atoms with Crippen molar-refractivity contribution in [1.29, 1.82) is 0 Å². The largest absolute Gasteiger partial charge is 0.312 e. The van der Waals surface area contributed by atoms with Gasteiger partial charge in [-0.1, -0.05) is 47.2 Å². The van der Waals surface area contributed by atoms with Crippen LogP contribution in [0.3, 0.4) is 0 Å². The molecule has 0 unspecified atom stereocenters. The van der Waals surface area contributed by atoms with Gasteiger partial charge >= 0.3 is 0 Å². The van der Waals surface area contributed by atoms with Crippen LogP contribution in [0.1, 0.15) is 27.8 Å². The van der Waals surface area contributed by atoms with Crippen molar-refractivity contribution in [2.45, 2.75) is 40.7 Å². The standard InChI is InChI=1S/C22H24N2OS/c1-6-9-24-19-12-15(3)10-17(5)21(19)26-22(24)23-20(25)13-18-11-14(2)7-8-16(18)4/h6-8,10-12H,1,9,13H2,2-5H3. The average molecular weight is 365 g/mol. The Bertz CT molecular complexity index is 1070. The molecule has 0 aliphatic rings. The van der Waals surface area contributed by atoms with Crippen LogP contribution in [-0.2, 0) is 17.8 Å². The van der Waals surface area contributed by atoms with Gasteiger partial charge in [-0.3, -0.25) is 4.79 Å². The summed E-state index contributed by atoms with van der Waals surface area (Å²) in [6, 6.07) is 10.5. The highest BCUT2D eigenvalue weighted by molar-refractivity contribution is 7.16. The number of fused-ring (bicyclic) bond motifs is 1. The number of nitrogens with zero attached hydrogens (tertiary/aromatic N) is 2. The van der Waals surface area contributed by atoms with Crippen molar-refractivity contribution in [2.24, 2.45) is 4.99 Å². The summed E-state index contributed by atoms with van der Waals surface area (Å²) in [4.78, 5) is 17.8. The summed E-state index contributed by atoms with van der Waals surface area (Å²) >= 11 is 1.57. The Balaban J connectivity index is 2.07. The predicted molar refractivity (Wildman–Crippen MR) is 110 cm³/mol. The lowest BCUT2D eigenvalue weighted by Crippen LogP contribution is -2.17. The number of hydrogen-bond donors (Lipinski definition) is 0. The molecule has 3 aromatic rings. The maximum Gasteiger partial charge on any atom is 0.252 e. The lowest BCUT2D eigenvalue weighted by molar-refractivity contribution is -0.117. The van der Waals surface area contributed by atoms with E-state index in [1.165, 1.54) is 15.8 Å². The predicted octanol–water partition coefficient (Wildman–Crippen LogP) is 4.79. The van der Waals surface area contributed by atoms with E-state index >= 15 is 0 Å². The molecule has 0 aliphatic heterocycles. The van der Waals surface area contributed by atoms with Gasteiger partial charge < -0.3 is 4.57 Å². The molecule has 1 heterocycles. The van der Waals surface area contributed by atoms with E-state index in [1.54, 1.807) is 11.3 Å². The molecule has 0 atom stereocenters. The van der Waals surface area contributed by atoms with Crippen molar-refractivity contribution >= 4 is 27.5 Å². The number of aryl methyl sites for hydroxylation is 4. The molecule has 26 heavy (non-hydrogen) atoms. The quantitative estimate of drug-likeness (QED) is 0.613. The maximum absolute atomic E-state index is 12.6. The second kappa shape index (κ2) is 7.42. The van der Waals surface area contributed by atoms with E-state index in [4.69, 9.17) is 0 Å². The zero-order valence-electron chi connectivity index (χ0n) is 15.8. The lowest BCUT2D eigenvalue weighted by Gasteiger charge is -2.05. The number of benzene rings is 2. The fourth-order valence-electron chi connectivity index (χ4n) is 3.20. The molecule has 2 aromatic carbocycles. The molecule has 3 nitrogen and oxygen atoms in total. The van der Waals surface area contributed by atoms with Gasteiger partial charge in [0.25, 0.3) is 5.91 Å². The molecule has 134 valence electrons. The first-order valence-electron chi connectivity index (χ1n) is 8.74. The summed E-state index contributed by atoms with van der Waals surface area (Å²) in [7, 11) is 0. The summed E-state index contributed by atoms with van der Waals surface area (Å²) in [5.74, 6) is -0.113. The molecule has 0 radical (unpaired) electrons. The molecule has 0 aliphatic carbocycles. The topological polar surface area (TPSA) is 34.4 Å². The average Bonchev–Trinajstić information content (AvgIpc) is 2.89. The SMILES string of the molecule is C=CCn1c(=NC(=O)Cc2cc(C)ccc2C)sc2c(C)cc(C)cc21. The highest BCUT2D eigenvalue weighted by Gasteiger charge is 2.11. The van der Waals surface area contributed by atoms with Crippen LogP contribution in [0, 0.1) is 27.7 Å². The number of rotatable bonds is 4. The van der Waals surface area contributed by atoms with Gasteiger partial charge in [0.15, 0.2) is 4.80 Å². The van der Waals surface area contributed by atoms with Gasteiger partial charge in [0.1, 0.15) is 0 Å². The van der Waals surface area contributed by atoms with Crippen molar-refractivity contribution in [2.75, 3.05) is 0 Å². The van der Waals surface area contributed by atoms with Crippen LogP contribution in [0.4, 0.5) is 0 Å². The Kier molecular flexibility index (Phi) is 5.23. The van der Waals surface area contributed by atoms with E-state index in [2.05, 4.69) is 60.3 Å². The van der Waals surface area contributed by atoms with Gasteiger partial charge in [-0.2, -0.15) is 4.99 Å². The van der Waals surface area contributed by atoms with E-state index in [0.717, 1.165) is 27.0 Å². The summed E-state index contributed by atoms with van der Waals surface area (Å²) in [5.41, 5.74) is 6.87. The fourth-order valence-corrected chi connectivity index (χ4v) is 4.31. The normalized spacial score (nSPS) is 11.9. The third-order valence-electron chi connectivity index (χ3n) is 4.49. The first-order chi connectivity index (χ1) is 12.4. The molecule has 0 spiro atoms. The molecule has 0 fully saturated rings. The Morgan fingerprint density at radius 1 is 1.12 bits per heavy atom. The Labute approximate surface area is 158 Å². The second-order valence-electron chi connectivity index (χ2n) is 6.83. The number of hydrogen-bond acceptors (Lipinski definition) is 2. The number of carbonyl (C=O) groups excluding carboxylic acids is 1. The minimum Gasteiger partial charge on any atom is -0.312 e. The van der Waals surface area contributed by atoms with E-state index in [1.807, 2.05) is 19.9 Å². The first kappa shape index (κ1) is 18.3. The molecule has 0 saturated carbocycles. The van der Waals surface area contributed by atoms with Crippen LogP contribution < -0.4 is 4.80 Å². The highest BCUT2D eigenvalue weighted by atomic mass is 32.1. The van der Waals surface area contributed by atoms with Crippen LogP contribution in [0.2, 0.25) is 0 Å². The monoisotopic (exact) mass is 364 g/mol. The number of carbonyl (C=O) groups is 1. The fraction of sp³-hybridized carbons (Fsp3) is 0.273. The Morgan fingerprint density at radius 2 is 1.88 bits per heavy atom. The van der Waals surface area contributed by atoms with Crippen LogP contribution >= 0.6 is 11.3 Å². The highest BCUT2D eigenvalue weighted by Crippen LogP contribution is 2.23. The Hall–Kier alpha value is -2.46. The van der Waals surface area contributed by atoms with Crippen molar-refractivity contribution in [3.05, 3.63) is 75.6 Å². The van der Waals surface area contributed by atoms with E-state index in [0.29, 0.717) is 13.0 Å². The maximum atomic E-state index is 12.6. The molecular weight excluding hydrogens is 340 g/mol. The minimum atomic E-state index is -0.113. The van der Waals surface area contributed by atoms with Gasteiger partial charge in [-0.15, -0.1) is 6.58 Å². The molecule has 0 saturated heterocycles.